The molecule has 1 heterocycles. The van der Waals surface area contributed by atoms with Gasteiger partial charge in [-0.2, -0.15) is 0 Å². The zero-order valence-corrected chi connectivity index (χ0v) is 21.1. The standard InChI is InChI=1S/C24H30N4O3.HI/c1-4-25-24(26-14-8-9-18-12-13-21(29-2)22(15-18)30-3)27-16-20-17-31-23(28-20)19-10-6-5-7-11-19;/h5-7,10-13,15,17H,4,8-9,14,16H2,1-3H3,(H2,25,26,27);1H. The molecule has 3 aromatic rings. The molecule has 0 spiro atoms. The van der Waals surface area contributed by atoms with Gasteiger partial charge in [0.2, 0.25) is 5.89 Å². The molecule has 8 heteroatoms. The lowest BCUT2D eigenvalue weighted by Gasteiger charge is -2.12. The second-order valence-electron chi connectivity index (χ2n) is 6.92. The fraction of sp³-hybridized carbons (Fsp3) is 0.333. The maximum atomic E-state index is 5.59. The van der Waals surface area contributed by atoms with Crippen molar-refractivity contribution in [1.82, 2.24) is 15.6 Å². The lowest BCUT2D eigenvalue weighted by Crippen LogP contribution is -2.37. The monoisotopic (exact) mass is 550 g/mol. The van der Waals surface area contributed by atoms with Gasteiger partial charge >= 0.3 is 0 Å². The minimum atomic E-state index is 0. The average Bonchev–Trinajstić information content (AvgIpc) is 3.29. The number of halogens is 1. The third kappa shape index (κ3) is 7.44. The molecule has 0 unspecified atom stereocenters. The van der Waals surface area contributed by atoms with Gasteiger partial charge in [0.15, 0.2) is 17.5 Å². The molecule has 1 aromatic heterocycles. The number of guanidine groups is 1. The molecule has 2 aromatic carbocycles. The van der Waals surface area contributed by atoms with Gasteiger partial charge < -0.3 is 24.5 Å². The molecule has 0 fully saturated rings. The number of nitrogens with zero attached hydrogens (tertiary/aromatic N) is 2. The highest BCUT2D eigenvalue weighted by atomic mass is 127. The highest BCUT2D eigenvalue weighted by Crippen LogP contribution is 2.27. The number of methoxy groups -OCH3 is 2. The number of ether oxygens (including phenoxy) is 2. The minimum absolute atomic E-state index is 0. The Morgan fingerprint density at radius 1 is 1.03 bits per heavy atom. The van der Waals surface area contributed by atoms with Crippen LogP contribution in [-0.2, 0) is 13.0 Å². The van der Waals surface area contributed by atoms with Gasteiger partial charge in [0.05, 0.1) is 20.8 Å². The van der Waals surface area contributed by atoms with Crippen molar-refractivity contribution in [2.75, 3.05) is 27.3 Å². The predicted octanol–water partition coefficient (Wildman–Crippen LogP) is 4.66. The van der Waals surface area contributed by atoms with Crippen molar-refractivity contribution in [2.45, 2.75) is 26.3 Å². The van der Waals surface area contributed by atoms with Gasteiger partial charge in [-0.1, -0.05) is 24.3 Å². The molecular weight excluding hydrogens is 519 g/mol. The third-order valence-electron chi connectivity index (χ3n) is 4.70. The van der Waals surface area contributed by atoms with Crippen molar-refractivity contribution in [3.05, 3.63) is 66.1 Å². The quantitative estimate of drug-likeness (QED) is 0.165. The molecule has 0 radical (unpaired) electrons. The number of aliphatic imine (C=N–C) groups is 1. The number of hydrogen-bond donors (Lipinski definition) is 2. The molecule has 172 valence electrons. The maximum absolute atomic E-state index is 5.59. The number of oxazole rings is 1. The predicted molar refractivity (Wildman–Crippen MR) is 138 cm³/mol. The molecule has 0 saturated carbocycles. The first-order chi connectivity index (χ1) is 15.2. The Bertz CT molecular complexity index is 976. The molecule has 0 amide bonds. The molecule has 0 atom stereocenters. The van der Waals surface area contributed by atoms with Gasteiger partial charge in [-0.25, -0.2) is 9.98 Å². The topological polar surface area (TPSA) is 80.9 Å². The van der Waals surface area contributed by atoms with Crippen LogP contribution in [0, 0.1) is 0 Å². The number of aryl methyl sites for hydroxylation is 1. The summed E-state index contributed by atoms with van der Waals surface area (Å²) >= 11 is 0. The largest absolute Gasteiger partial charge is 0.493 e. The Morgan fingerprint density at radius 2 is 1.81 bits per heavy atom. The fourth-order valence-electron chi connectivity index (χ4n) is 3.13. The number of aromatic nitrogens is 1. The summed E-state index contributed by atoms with van der Waals surface area (Å²) < 4.78 is 16.3. The number of hydrogen-bond acceptors (Lipinski definition) is 5. The summed E-state index contributed by atoms with van der Waals surface area (Å²) in [6.45, 7) is 4.08. The lowest BCUT2D eigenvalue weighted by atomic mass is 10.1. The summed E-state index contributed by atoms with van der Waals surface area (Å²) in [7, 11) is 3.30. The van der Waals surface area contributed by atoms with E-state index in [1.165, 1.54) is 5.56 Å². The van der Waals surface area contributed by atoms with E-state index in [4.69, 9.17) is 13.9 Å². The first kappa shape index (κ1) is 25.5. The van der Waals surface area contributed by atoms with Gasteiger partial charge in [0.25, 0.3) is 0 Å². The van der Waals surface area contributed by atoms with E-state index in [1.807, 2.05) is 49.4 Å². The number of benzene rings is 2. The van der Waals surface area contributed by atoms with E-state index in [2.05, 4.69) is 26.7 Å². The second-order valence-corrected chi connectivity index (χ2v) is 6.92. The van der Waals surface area contributed by atoms with Gasteiger partial charge in [-0.3, -0.25) is 0 Å². The zero-order valence-electron chi connectivity index (χ0n) is 18.8. The Hall–Kier alpha value is -2.75. The van der Waals surface area contributed by atoms with Gasteiger partial charge in [0, 0.05) is 18.7 Å². The summed E-state index contributed by atoms with van der Waals surface area (Å²) in [5.74, 6) is 2.87. The van der Waals surface area contributed by atoms with Crippen LogP contribution in [0.3, 0.4) is 0 Å². The Morgan fingerprint density at radius 3 is 2.53 bits per heavy atom. The van der Waals surface area contributed by atoms with E-state index in [-0.39, 0.29) is 24.0 Å². The van der Waals surface area contributed by atoms with Crippen LogP contribution in [0.4, 0.5) is 0 Å². The molecule has 3 rings (SSSR count). The fourth-order valence-corrected chi connectivity index (χ4v) is 3.13. The summed E-state index contributed by atoms with van der Waals surface area (Å²) in [5, 5.41) is 6.64. The third-order valence-corrected chi connectivity index (χ3v) is 4.70. The second kappa shape index (κ2) is 13.6. The average molecular weight is 550 g/mol. The number of nitrogens with one attached hydrogen (secondary N) is 2. The van der Waals surface area contributed by atoms with Crippen LogP contribution in [0.25, 0.3) is 11.5 Å². The van der Waals surface area contributed by atoms with E-state index >= 15 is 0 Å². The van der Waals surface area contributed by atoms with E-state index in [0.717, 1.165) is 54.6 Å². The molecule has 7 nitrogen and oxygen atoms in total. The van der Waals surface area contributed by atoms with Crippen LogP contribution in [0.1, 0.15) is 24.6 Å². The van der Waals surface area contributed by atoms with Gasteiger partial charge in [-0.15, -0.1) is 24.0 Å². The van der Waals surface area contributed by atoms with Crippen LogP contribution in [0.2, 0.25) is 0 Å². The highest BCUT2D eigenvalue weighted by molar-refractivity contribution is 14.0. The molecule has 0 bridgehead atoms. The van der Waals surface area contributed by atoms with Crippen molar-refractivity contribution < 1.29 is 13.9 Å². The lowest BCUT2D eigenvalue weighted by molar-refractivity contribution is 0.354. The van der Waals surface area contributed by atoms with Gasteiger partial charge in [0.1, 0.15) is 12.0 Å². The molecule has 0 aliphatic carbocycles. The zero-order chi connectivity index (χ0) is 21.9. The number of rotatable bonds is 10. The Kier molecular flexibility index (Phi) is 10.9. The summed E-state index contributed by atoms with van der Waals surface area (Å²) in [5.41, 5.74) is 2.96. The SMILES string of the molecule is CCNC(=NCc1coc(-c2ccccc2)n1)NCCCc1ccc(OC)c(OC)c1.I. The van der Waals surface area contributed by atoms with E-state index in [1.54, 1.807) is 20.5 Å². The highest BCUT2D eigenvalue weighted by Gasteiger charge is 2.07. The van der Waals surface area contributed by atoms with E-state index in [0.29, 0.717) is 12.4 Å². The van der Waals surface area contributed by atoms with Crippen LogP contribution in [0.5, 0.6) is 11.5 Å². The normalized spacial score (nSPS) is 10.9. The van der Waals surface area contributed by atoms with Crippen LogP contribution in [-0.4, -0.2) is 38.3 Å². The van der Waals surface area contributed by atoms with Crippen LogP contribution >= 0.6 is 24.0 Å². The minimum Gasteiger partial charge on any atom is -0.493 e. The smallest absolute Gasteiger partial charge is 0.226 e. The van der Waals surface area contributed by atoms with Crippen molar-refractivity contribution in [3.8, 4) is 23.0 Å². The summed E-state index contributed by atoms with van der Waals surface area (Å²) in [6.07, 6.45) is 3.55. The first-order valence-electron chi connectivity index (χ1n) is 10.5. The van der Waals surface area contributed by atoms with E-state index in [9.17, 15) is 0 Å². The van der Waals surface area contributed by atoms with Crippen LogP contribution in [0.15, 0.2) is 64.2 Å². The Labute approximate surface area is 206 Å². The summed E-state index contributed by atoms with van der Waals surface area (Å²) in [6, 6.07) is 15.9. The first-order valence-corrected chi connectivity index (χ1v) is 10.5. The molecule has 0 saturated heterocycles. The Balaban J connectivity index is 0.00000363. The van der Waals surface area contributed by atoms with Crippen molar-refractivity contribution in [3.63, 3.8) is 0 Å². The van der Waals surface area contributed by atoms with Crippen molar-refractivity contribution in [1.29, 1.82) is 0 Å². The molecule has 2 N–H and O–H groups in total. The van der Waals surface area contributed by atoms with Crippen molar-refractivity contribution >= 4 is 29.9 Å². The van der Waals surface area contributed by atoms with Crippen molar-refractivity contribution in [2.24, 2.45) is 4.99 Å². The van der Waals surface area contributed by atoms with Crippen LogP contribution < -0.4 is 20.1 Å². The molecular formula is C24H31IN4O3. The molecule has 0 aliphatic heterocycles. The molecule has 0 aliphatic rings. The van der Waals surface area contributed by atoms with Gasteiger partial charge in [-0.05, 0) is 49.6 Å². The summed E-state index contributed by atoms with van der Waals surface area (Å²) in [4.78, 5) is 9.15. The van der Waals surface area contributed by atoms with E-state index < -0.39 is 0 Å². The molecule has 32 heavy (non-hydrogen) atoms. The maximum Gasteiger partial charge on any atom is 0.226 e.